The minimum atomic E-state index is -0.633. The number of carbonyl (C=O) groups is 1. The number of likely N-dealkylation sites (tertiary alicyclic amines) is 1. The molecule has 1 N–H and O–H groups in total. The predicted molar refractivity (Wildman–Crippen MR) is 89.0 cm³/mol. The highest BCUT2D eigenvalue weighted by Gasteiger charge is 2.36. The van der Waals surface area contributed by atoms with Gasteiger partial charge in [0.25, 0.3) is 0 Å². The molecule has 1 atom stereocenters. The van der Waals surface area contributed by atoms with E-state index in [1.54, 1.807) is 0 Å². The molecule has 1 saturated carbocycles. The van der Waals surface area contributed by atoms with Gasteiger partial charge in [-0.1, -0.05) is 0 Å². The van der Waals surface area contributed by atoms with Crippen molar-refractivity contribution in [3.8, 4) is 6.07 Å². The molecule has 1 aromatic heterocycles. The third kappa shape index (κ3) is 3.59. The molecule has 2 heterocycles. The zero-order valence-corrected chi connectivity index (χ0v) is 14.6. The molecule has 130 valence electrons. The van der Waals surface area contributed by atoms with E-state index in [2.05, 4.69) is 26.4 Å². The maximum Gasteiger partial charge on any atom is 0.235 e. The fourth-order valence-corrected chi connectivity index (χ4v) is 3.98. The van der Waals surface area contributed by atoms with Gasteiger partial charge in [-0.3, -0.25) is 9.69 Å². The normalized spacial score (nSPS) is 23.3. The monoisotopic (exact) mass is 330 g/mol. The van der Waals surface area contributed by atoms with Crippen LogP contribution in [0.1, 0.15) is 50.2 Å². The molecule has 0 aromatic carbocycles. The van der Waals surface area contributed by atoms with Gasteiger partial charge in [0.05, 0.1) is 19.2 Å². The Balaban J connectivity index is 1.58. The number of aromatic nitrogens is 3. The van der Waals surface area contributed by atoms with Crippen molar-refractivity contribution >= 4 is 5.91 Å². The van der Waals surface area contributed by atoms with Crippen LogP contribution >= 0.6 is 0 Å². The summed E-state index contributed by atoms with van der Waals surface area (Å²) in [5.41, 5.74) is -0.633. The van der Waals surface area contributed by atoms with Gasteiger partial charge in [0.15, 0.2) is 0 Å². The van der Waals surface area contributed by atoms with Crippen molar-refractivity contribution < 1.29 is 4.79 Å². The number of amides is 1. The lowest BCUT2D eigenvalue weighted by molar-refractivity contribution is -0.123. The van der Waals surface area contributed by atoms with Crippen molar-refractivity contribution in [2.75, 3.05) is 13.1 Å². The molecule has 0 radical (unpaired) electrons. The molecule has 1 aliphatic heterocycles. The topological polar surface area (TPSA) is 86.8 Å². The van der Waals surface area contributed by atoms with E-state index in [1.165, 1.54) is 0 Å². The summed E-state index contributed by atoms with van der Waals surface area (Å²) in [6, 6.07) is 2.62. The summed E-state index contributed by atoms with van der Waals surface area (Å²) in [4.78, 5) is 19.0. The zero-order valence-electron chi connectivity index (χ0n) is 14.6. The molecule has 2 aliphatic rings. The van der Waals surface area contributed by atoms with E-state index in [4.69, 9.17) is 0 Å². The van der Waals surface area contributed by atoms with Crippen molar-refractivity contribution in [2.45, 2.75) is 70.5 Å². The molecule has 3 rings (SSSR count). The van der Waals surface area contributed by atoms with Gasteiger partial charge in [-0.05, 0) is 58.9 Å². The highest BCUT2D eigenvalue weighted by atomic mass is 16.2. The molecule has 0 bridgehead atoms. The van der Waals surface area contributed by atoms with Crippen LogP contribution in [-0.2, 0) is 11.3 Å². The summed E-state index contributed by atoms with van der Waals surface area (Å²) < 4.78 is 1.93. The molecule has 1 aromatic rings. The third-order valence-corrected chi connectivity index (χ3v) is 5.24. The highest BCUT2D eigenvalue weighted by Crippen LogP contribution is 2.29. The Bertz CT molecular complexity index is 640. The van der Waals surface area contributed by atoms with Gasteiger partial charge < -0.3 is 5.32 Å². The summed E-state index contributed by atoms with van der Waals surface area (Å²) in [6.45, 7) is 5.91. The molecule has 7 nitrogen and oxygen atoms in total. The first-order valence-electron chi connectivity index (χ1n) is 8.86. The Morgan fingerprint density at radius 3 is 2.75 bits per heavy atom. The smallest absolute Gasteiger partial charge is 0.235 e. The number of nitrogens with zero attached hydrogens (tertiary/aromatic N) is 5. The van der Waals surface area contributed by atoms with Crippen LogP contribution in [0.25, 0.3) is 0 Å². The number of hydrogen-bond donors (Lipinski definition) is 1. The van der Waals surface area contributed by atoms with E-state index < -0.39 is 5.54 Å². The first-order valence-corrected chi connectivity index (χ1v) is 8.86. The molecular weight excluding hydrogens is 304 g/mol. The van der Waals surface area contributed by atoms with E-state index in [-0.39, 0.29) is 5.91 Å². The van der Waals surface area contributed by atoms with Crippen LogP contribution < -0.4 is 5.32 Å². The number of nitriles is 1. The standard InChI is InChI=1S/C17H26N6O/c1-13-19-14(2)23(21-13)10-15-6-5-9-22(15)11-16(24)20-17(12-18)7-3-4-8-17/h15H,3-11H2,1-2H3,(H,20,24)/t15-/m0/s1. The van der Waals surface area contributed by atoms with Crippen LogP contribution in [0.5, 0.6) is 0 Å². The summed E-state index contributed by atoms with van der Waals surface area (Å²) in [6.07, 6.45) is 5.74. The summed E-state index contributed by atoms with van der Waals surface area (Å²) >= 11 is 0. The van der Waals surface area contributed by atoms with Gasteiger partial charge in [0, 0.05) is 6.04 Å². The van der Waals surface area contributed by atoms with Gasteiger partial charge in [-0.15, -0.1) is 0 Å². The van der Waals surface area contributed by atoms with Crippen LogP contribution in [0, 0.1) is 25.2 Å². The molecule has 2 fully saturated rings. The molecule has 1 amide bonds. The minimum absolute atomic E-state index is 0.0307. The van der Waals surface area contributed by atoms with Crippen molar-refractivity contribution in [3.63, 3.8) is 0 Å². The van der Waals surface area contributed by atoms with Crippen molar-refractivity contribution in [2.24, 2.45) is 0 Å². The summed E-state index contributed by atoms with van der Waals surface area (Å²) in [5.74, 6) is 1.67. The third-order valence-electron chi connectivity index (χ3n) is 5.24. The Hall–Kier alpha value is -1.94. The number of carbonyl (C=O) groups excluding carboxylic acids is 1. The highest BCUT2D eigenvalue weighted by molar-refractivity contribution is 5.79. The van der Waals surface area contributed by atoms with Gasteiger partial charge >= 0.3 is 0 Å². The van der Waals surface area contributed by atoms with E-state index in [0.29, 0.717) is 12.6 Å². The molecule has 24 heavy (non-hydrogen) atoms. The quantitative estimate of drug-likeness (QED) is 0.879. The van der Waals surface area contributed by atoms with E-state index in [9.17, 15) is 10.1 Å². The zero-order chi connectivity index (χ0) is 17.2. The average Bonchev–Trinajstić information content (AvgIpc) is 3.23. The number of aryl methyl sites for hydroxylation is 2. The minimum Gasteiger partial charge on any atom is -0.337 e. The Morgan fingerprint density at radius 1 is 1.38 bits per heavy atom. The van der Waals surface area contributed by atoms with Crippen LogP contribution in [0.15, 0.2) is 0 Å². The Morgan fingerprint density at radius 2 is 2.12 bits per heavy atom. The number of hydrogen-bond acceptors (Lipinski definition) is 5. The lowest BCUT2D eigenvalue weighted by atomic mass is 10.00. The van der Waals surface area contributed by atoms with Crippen molar-refractivity contribution in [1.82, 2.24) is 25.0 Å². The van der Waals surface area contributed by atoms with Gasteiger partial charge in [-0.25, -0.2) is 9.67 Å². The second kappa shape index (κ2) is 6.89. The second-order valence-electron chi connectivity index (χ2n) is 7.10. The van der Waals surface area contributed by atoms with Gasteiger partial charge in [-0.2, -0.15) is 10.4 Å². The predicted octanol–water partition coefficient (Wildman–Crippen LogP) is 1.31. The fraction of sp³-hybridized carbons (Fsp3) is 0.765. The molecule has 0 unspecified atom stereocenters. The Labute approximate surface area is 143 Å². The van der Waals surface area contributed by atoms with Crippen LogP contribution in [0.2, 0.25) is 0 Å². The van der Waals surface area contributed by atoms with E-state index in [0.717, 1.165) is 63.3 Å². The van der Waals surface area contributed by atoms with E-state index >= 15 is 0 Å². The lowest BCUT2D eigenvalue weighted by Gasteiger charge is -2.27. The molecule has 1 saturated heterocycles. The van der Waals surface area contributed by atoms with Crippen molar-refractivity contribution in [3.05, 3.63) is 11.6 Å². The number of nitrogens with one attached hydrogen (secondary N) is 1. The SMILES string of the molecule is Cc1nc(C)n(C[C@@H]2CCCN2CC(=O)NC2(C#N)CCCC2)n1. The maximum atomic E-state index is 12.4. The summed E-state index contributed by atoms with van der Waals surface area (Å²) in [7, 11) is 0. The average molecular weight is 330 g/mol. The molecular formula is C17H26N6O. The fourth-order valence-electron chi connectivity index (χ4n) is 3.98. The molecule has 7 heteroatoms. The van der Waals surface area contributed by atoms with E-state index in [1.807, 2.05) is 18.5 Å². The van der Waals surface area contributed by atoms with Gasteiger partial charge in [0.2, 0.25) is 5.91 Å². The number of rotatable bonds is 5. The Kier molecular flexibility index (Phi) is 4.86. The lowest BCUT2D eigenvalue weighted by Crippen LogP contribution is -2.50. The molecule has 1 aliphatic carbocycles. The first kappa shape index (κ1) is 16.9. The van der Waals surface area contributed by atoms with Gasteiger partial charge in [0.1, 0.15) is 17.2 Å². The molecule has 0 spiro atoms. The van der Waals surface area contributed by atoms with Crippen LogP contribution in [0.3, 0.4) is 0 Å². The maximum absolute atomic E-state index is 12.4. The van der Waals surface area contributed by atoms with Crippen LogP contribution in [0.4, 0.5) is 0 Å². The second-order valence-corrected chi connectivity index (χ2v) is 7.10. The van der Waals surface area contributed by atoms with Crippen molar-refractivity contribution in [1.29, 1.82) is 5.26 Å². The summed E-state index contributed by atoms with van der Waals surface area (Å²) in [5, 5.41) is 16.8. The first-order chi connectivity index (χ1) is 11.5. The largest absolute Gasteiger partial charge is 0.337 e. The van der Waals surface area contributed by atoms with Crippen LogP contribution in [-0.4, -0.2) is 50.2 Å².